The standard InChI is InChI=1S/C14H14O/c1-4-5-6-13-7-9-14(10-8-13)15-11-12(2)3/h1,7-10,12H,11H2,2-3H3. The van der Waals surface area contributed by atoms with Crippen LogP contribution in [0.4, 0.5) is 0 Å². The van der Waals surface area contributed by atoms with E-state index < -0.39 is 0 Å². The van der Waals surface area contributed by atoms with Gasteiger partial charge in [0.05, 0.1) is 6.61 Å². The van der Waals surface area contributed by atoms with E-state index in [2.05, 4.69) is 31.6 Å². The molecular formula is C14H14O. The van der Waals surface area contributed by atoms with E-state index in [0.29, 0.717) is 5.92 Å². The van der Waals surface area contributed by atoms with Crippen LogP contribution in [0.1, 0.15) is 19.4 Å². The molecule has 0 aromatic heterocycles. The Morgan fingerprint density at radius 3 is 2.47 bits per heavy atom. The summed E-state index contributed by atoms with van der Waals surface area (Å²) < 4.78 is 5.54. The van der Waals surface area contributed by atoms with E-state index in [0.717, 1.165) is 17.9 Å². The summed E-state index contributed by atoms with van der Waals surface area (Å²) in [6.07, 6.45) is 5.04. The minimum atomic E-state index is 0.533. The van der Waals surface area contributed by atoms with Crippen LogP contribution >= 0.6 is 0 Å². The lowest BCUT2D eigenvalue weighted by Crippen LogP contribution is -2.04. The maximum Gasteiger partial charge on any atom is 0.119 e. The highest BCUT2D eigenvalue weighted by Crippen LogP contribution is 2.12. The lowest BCUT2D eigenvalue weighted by atomic mass is 10.2. The fourth-order valence-corrected chi connectivity index (χ4v) is 1.01. The van der Waals surface area contributed by atoms with Gasteiger partial charge >= 0.3 is 0 Å². The number of terminal acetylenes is 1. The molecule has 0 N–H and O–H groups in total. The second-order valence-electron chi connectivity index (χ2n) is 3.62. The molecule has 0 fully saturated rings. The monoisotopic (exact) mass is 198 g/mol. The third kappa shape index (κ3) is 4.25. The zero-order chi connectivity index (χ0) is 11.1. The molecule has 0 saturated heterocycles. The van der Waals surface area contributed by atoms with Crippen LogP contribution in [0.3, 0.4) is 0 Å². The van der Waals surface area contributed by atoms with Crippen molar-refractivity contribution >= 4 is 0 Å². The Bertz CT molecular complexity index is 396. The second-order valence-corrected chi connectivity index (χ2v) is 3.62. The predicted octanol–water partition coefficient (Wildman–Crippen LogP) is 2.71. The maximum absolute atomic E-state index is 5.54. The van der Waals surface area contributed by atoms with Gasteiger partial charge in [-0.05, 0) is 42.0 Å². The molecule has 0 radical (unpaired) electrons. The molecule has 0 aliphatic rings. The van der Waals surface area contributed by atoms with Crippen molar-refractivity contribution in [1.82, 2.24) is 0 Å². The van der Waals surface area contributed by atoms with Gasteiger partial charge in [-0.2, -0.15) is 0 Å². The summed E-state index contributed by atoms with van der Waals surface area (Å²) in [5, 5.41) is 0. The van der Waals surface area contributed by atoms with Gasteiger partial charge in [0.25, 0.3) is 0 Å². The van der Waals surface area contributed by atoms with E-state index in [1.165, 1.54) is 0 Å². The van der Waals surface area contributed by atoms with Crippen molar-refractivity contribution in [2.24, 2.45) is 5.92 Å². The minimum absolute atomic E-state index is 0.533. The van der Waals surface area contributed by atoms with Crippen LogP contribution in [0.25, 0.3) is 0 Å². The molecule has 15 heavy (non-hydrogen) atoms. The normalized spacial score (nSPS) is 8.93. The van der Waals surface area contributed by atoms with Gasteiger partial charge in [-0.25, -0.2) is 0 Å². The van der Waals surface area contributed by atoms with E-state index >= 15 is 0 Å². The van der Waals surface area contributed by atoms with Gasteiger partial charge < -0.3 is 4.74 Å². The molecule has 1 aromatic rings. The molecule has 1 heteroatoms. The Morgan fingerprint density at radius 1 is 1.27 bits per heavy atom. The van der Waals surface area contributed by atoms with Crippen molar-refractivity contribution in [3.8, 4) is 29.9 Å². The third-order valence-corrected chi connectivity index (χ3v) is 1.72. The van der Waals surface area contributed by atoms with Crippen molar-refractivity contribution in [3.63, 3.8) is 0 Å². The molecule has 0 bridgehead atoms. The van der Waals surface area contributed by atoms with E-state index in [-0.39, 0.29) is 0 Å². The number of rotatable bonds is 3. The largest absolute Gasteiger partial charge is 0.493 e. The summed E-state index contributed by atoms with van der Waals surface area (Å²) in [5.74, 6) is 9.10. The molecule has 0 heterocycles. The van der Waals surface area contributed by atoms with Crippen LogP contribution < -0.4 is 4.74 Å². The summed E-state index contributed by atoms with van der Waals surface area (Å²) in [7, 11) is 0. The molecule has 1 nitrogen and oxygen atoms in total. The molecule has 0 atom stereocenters. The highest BCUT2D eigenvalue weighted by molar-refractivity contribution is 5.41. The van der Waals surface area contributed by atoms with Gasteiger partial charge in [-0.1, -0.05) is 19.8 Å². The Balaban J connectivity index is 2.61. The van der Waals surface area contributed by atoms with Crippen molar-refractivity contribution < 1.29 is 4.74 Å². The summed E-state index contributed by atoms with van der Waals surface area (Å²) in [6, 6.07) is 7.62. The highest BCUT2D eigenvalue weighted by atomic mass is 16.5. The SMILES string of the molecule is C#CC#Cc1ccc(OCC(C)C)cc1. The minimum Gasteiger partial charge on any atom is -0.493 e. The molecule has 0 unspecified atom stereocenters. The molecule has 0 saturated carbocycles. The Kier molecular flexibility index (Phi) is 4.32. The molecule has 0 aliphatic heterocycles. The second kappa shape index (κ2) is 5.78. The van der Waals surface area contributed by atoms with Gasteiger partial charge in [0.2, 0.25) is 0 Å². The molecule has 76 valence electrons. The summed E-state index contributed by atoms with van der Waals surface area (Å²) in [5.41, 5.74) is 0.907. The first-order valence-electron chi connectivity index (χ1n) is 4.92. The average molecular weight is 198 g/mol. The Labute approximate surface area is 91.5 Å². The van der Waals surface area contributed by atoms with Crippen molar-refractivity contribution in [3.05, 3.63) is 29.8 Å². The summed E-state index contributed by atoms with van der Waals surface area (Å²) >= 11 is 0. The predicted molar refractivity (Wildman–Crippen MR) is 62.5 cm³/mol. The number of ether oxygens (including phenoxy) is 1. The van der Waals surface area contributed by atoms with E-state index in [4.69, 9.17) is 11.2 Å². The smallest absolute Gasteiger partial charge is 0.119 e. The topological polar surface area (TPSA) is 9.23 Å². The maximum atomic E-state index is 5.54. The lowest BCUT2D eigenvalue weighted by Gasteiger charge is -2.07. The van der Waals surface area contributed by atoms with Crippen molar-refractivity contribution in [2.45, 2.75) is 13.8 Å². The van der Waals surface area contributed by atoms with Crippen LogP contribution in [0.5, 0.6) is 5.75 Å². The van der Waals surface area contributed by atoms with Gasteiger partial charge in [0, 0.05) is 5.56 Å². The van der Waals surface area contributed by atoms with Crippen LogP contribution in [-0.2, 0) is 0 Å². The number of hydrogen-bond donors (Lipinski definition) is 0. The van der Waals surface area contributed by atoms with Crippen molar-refractivity contribution in [1.29, 1.82) is 0 Å². The molecule has 0 amide bonds. The van der Waals surface area contributed by atoms with Gasteiger partial charge in [0.15, 0.2) is 0 Å². The first-order chi connectivity index (χ1) is 7.22. The van der Waals surface area contributed by atoms with Crippen LogP contribution in [0.2, 0.25) is 0 Å². The van der Waals surface area contributed by atoms with Crippen LogP contribution in [0, 0.1) is 30.1 Å². The zero-order valence-electron chi connectivity index (χ0n) is 9.08. The first-order valence-corrected chi connectivity index (χ1v) is 4.92. The van der Waals surface area contributed by atoms with E-state index in [1.807, 2.05) is 24.3 Å². The van der Waals surface area contributed by atoms with Crippen LogP contribution in [-0.4, -0.2) is 6.61 Å². The van der Waals surface area contributed by atoms with Crippen LogP contribution in [0.15, 0.2) is 24.3 Å². The van der Waals surface area contributed by atoms with Gasteiger partial charge in [-0.3, -0.25) is 0 Å². The van der Waals surface area contributed by atoms with E-state index in [9.17, 15) is 0 Å². The molecule has 1 aromatic carbocycles. The number of benzene rings is 1. The quantitative estimate of drug-likeness (QED) is 0.678. The molecule has 1 rings (SSSR count). The molecular weight excluding hydrogens is 184 g/mol. The summed E-state index contributed by atoms with van der Waals surface area (Å²) in [6.45, 7) is 4.97. The first kappa shape index (κ1) is 11.2. The Morgan fingerprint density at radius 2 is 1.93 bits per heavy atom. The van der Waals surface area contributed by atoms with Crippen molar-refractivity contribution in [2.75, 3.05) is 6.61 Å². The third-order valence-electron chi connectivity index (χ3n) is 1.72. The van der Waals surface area contributed by atoms with Gasteiger partial charge in [-0.15, -0.1) is 6.42 Å². The fraction of sp³-hybridized carbons (Fsp3) is 0.286. The van der Waals surface area contributed by atoms with Gasteiger partial charge in [0.1, 0.15) is 5.75 Å². The molecule has 0 aliphatic carbocycles. The lowest BCUT2D eigenvalue weighted by molar-refractivity contribution is 0.271. The van der Waals surface area contributed by atoms with E-state index in [1.54, 1.807) is 0 Å². The zero-order valence-corrected chi connectivity index (χ0v) is 9.08. The number of hydrogen-bond acceptors (Lipinski definition) is 1. The Hall–Kier alpha value is -1.86. The molecule has 0 spiro atoms. The summed E-state index contributed by atoms with van der Waals surface area (Å²) in [4.78, 5) is 0. The highest BCUT2D eigenvalue weighted by Gasteiger charge is 1.96. The fourth-order valence-electron chi connectivity index (χ4n) is 1.01. The average Bonchev–Trinajstić information content (AvgIpc) is 2.25.